The molecule has 0 saturated heterocycles. The molecular formula is C13H20N2O3S2. The van der Waals surface area contributed by atoms with E-state index in [9.17, 15) is 8.42 Å². The monoisotopic (exact) mass is 316 g/mol. The molecule has 1 heterocycles. The Bertz CT molecular complexity index is 555. The van der Waals surface area contributed by atoms with E-state index in [1.54, 1.807) is 0 Å². The molecule has 0 saturated carbocycles. The first-order valence-corrected chi connectivity index (χ1v) is 9.03. The molecule has 2 rings (SSSR count). The van der Waals surface area contributed by atoms with Gasteiger partial charge in [-0.15, -0.1) is 0 Å². The average molecular weight is 316 g/mol. The topological polar surface area (TPSA) is 78.8 Å². The van der Waals surface area contributed by atoms with Crippen molar-refractivity contribution in [1.82, 2.24) is 0 Å². The SMILES string of the molecule is CS(=O)(=O)O.Cc1cccc(C)c1NC1=NCCCS1. The van der Waals surface area contributed by atoms with Crippen LogP contribution in [-0.4, -0.2) is 36.7 Å². The lowest BCUT2D eigenvalue weighted by Crippen LogP contribution is -2.14. The molecule has 112 valence electrons. The van der Waals surface area contributed by atoms with Gasteiger partial charge in [0, 0.05) is 18.0 Å². The van der Waals surface area contributed by atoms with Gasteiger partial charge in [-0.05, 0) is 31.4 Å². The largest absolute Gasteiger partial charge is 0.335 e. The molecule has 1 aliphatic heterocycles. The van der Waals surface area contributed by atoms with E-state index >= 15 is 0 Å². The lowest BCUT2D eigenvalue weighted by molar-refractivity contribution is 0.490. The summed E-state index contributed by atoms with van der Waals surface area (Å²) < 4.78 is 25.9. The number of aliphatic imine (C=N–C) groups is 1. The van der Waals surface area contributed by atoms with E-state index in [1.165, 1.54) is 29.0 Å². The lowest BCUT2D eigenvalue weighted by atomic mass is 10.1. The summed E-state index contributed by atoms with van der Waals surface area (Å²) in [6.07, 6.45) is 1.91. The van der Waals surface area contributed by atoms with Crippen molar-refractivity contribution in [3.8, 4) is 0 Å². The number of hydrogen-bond donors (Lipinski definition) is 2. The zero-order chi connectivity index (χ0) is 15.2. The predicted octanol–water partition coefficient (Wildman–Crippen LogP) is 2.71. The van der Waals surface area contributed by atoms with Gasteiger partial charge in [-0.1, -0.05) is 30.0 Å². The number of nitrogens with one attached hydrogen (secondary N) is 1. The van der Waals surface area contributed by atoms with Crippen LogP contribution in [0.25, 0.3) is 0 Å². The molecule has 5 nitrogen and oxygen atoms in total. The molecule has 1 aliphatic rings. The van der Waals surface area contributed by atoms with Crippen molar-refractivity contribution in [1.29, 1.82) is 0 Å². The minimum absolute atomic E-state index is 0.715. The number of hydrogen-bond acceptors (Lipinski definition) is 5. The Morgan fingerprint density at radius 1 is 1.30 bits per heavy atom. The highest BCUT2D eigenvalue weighted by Gasteiger charge is 2.08. The van der Waals surface area contributed by atoms with Gasteiger partial charge in [-0.25, -0.2) is 0 Å². The molecule has 2 N–H and O–H groups in total. The average Bonchev–Trinajstić information content (AvgIpc) is 2.33. The Hall–Kier alpha value is -1.05. The molecule has 1 aromatic carbocycles. The standard InChI is InChI=1S/C12H16N2S.CH4O3S/c1-9-5-3-6-10(2)11(9)14-12-13-7-4-8-15-12;1-5(2,3)4/h3,5-6H,4,7-8H2,1-2H3,(H,13,14);1H3,(H,2,3,4). The van der Waals surface area contributed by atoms with Crippen LogP contribution in [-0.2, 0) is 10.1 Å². The fraction of sp³-hybridized carbons (Fsp3) is 0.462. The van der Waals surface area contributed by atoms with Crippen LogP contribution < -0.4 is 5.32 Å². The summed E-state index contributed by atoms with van der Waals surface area (Å²) in [5.74, 6) is 1.18. The zero-order valence-electron chi connectivity index (χ0n) is 11.9. The maximum atomic E-state index is 9.19. The van der Waals surface area contributed by atoms with Crippen LogP contribution in [0.15, 0.2) is 23.2 Å². The Morgan fingerprint density at radius 3 is 2.30 bits per heavy atom. The van der Waals surface area contributed by atoms with E-state index in [0.29, 0.717) is 6.26 Å². The summed E-state index contributed by atoms with van der Waals surface area (Å²) in [5.41, 5.74) is 3.78. The zero-order valence-corrected chi connectivity index (χ0v) is 13.5. The van der Waals surface area contributed by atoms with E-state index in [4.69, 9.17) is 4.55 Å². The minimum Gasteiger partial charge on any atom is -0.335 e. The summed E-state index contributed by atoms with van der Waals surface area (Å²) >= 11 is 1.81. The summed E-state index contributed by atoms with van der Waals surface area (Å²) in [6.45, 7) is 5.22. The van der Waals surface area contributed by atoms with E-state index in [-0.39, 0.29) is 0 Å². The summed E-state index contributed by atoms with van der Waals surface area (Å²) in [4.78, 5) is 4.48. The van der Waals surface area contributed by atoms with E-state index in [2.05, 4.69) is 42.4 Å². The van der Waals surface area contributed by atoms with E-state index in [0.717, 1.165) is 11.7 Å². The Morgan fingerprint density at radius 2 is 1.85 bits per heavy atom. The van der Waals surface area contributed by atoms with Crippen LogP contribution in [0.4, 0.5) is 5.69 Å². The molecule has 0 unspecified atom stereocenters. The number of benzene rings is 1. The second-order valence-corrected chi connectivity index (χ2v) is 7.06. The number of anilines is 1. The smallest absolute Gasteiger partial charge is 0.261 e. The highest BCUT2D eigenvalue weighted by atomic mass is 32.2. The molecule has 0 bridgehead atoms. The summed E-state index contributed by atoms with van der Waals surface area (Å²) in [5, 5.41) is 4.50. The molecule has 1 aromatic rings. The van der Waals surface area contributed by atoms with Gasteiger partial charge in [0.15, 0.2) is 5.17 Å². The molecule has 0 amide bonds. The van der Waals surface area contributed by atoms with Crippen molar-refractivity contribution in [3.63, 3.8) is 0 Å². The lowest BCUT2D eigenvalue weighted by Gasteiger charge is -2.16. The number of para-hydroxylation sites is 1. The molecule has 0 atom stereocenters. The van der Waals surface area contributed by atoms with E-state index < -0.39 is 10.1 Å². The van der Waals surface area contributed by atoms with Gasteiger partial charge in [0.25, 0.3) is 10.1 Å². The molecule has 0 fully saturated rings. The fourth-order valence-electron chi connectivity index (χ4n) is 1.65. The quantitative estimate of drug-likeness (QED) is 0.779. The van der Waals surface area contributed by atoms with Gasteiger partial charge in [-0.3, -0.25) is 9.55 Å². The van der Waals surface area contributed by atoms with Crippen LogP contribution in [0, 0.1) is 13.8 Å². The summed E-state index contributed by atoms with van der Waals surface area (Å²) in [7, 11) is -3.67. The number of nitrogens with zero attached hydrogens (tertiary/aromatic N) is 1. The highest BCUT2D eigenvalue weighted by molar-refractivity contribution is 8.14. The van der Waals surface area contributed by atoms with Crippen LogP contribution in [0.5, 0.6) is 0 Å². The van der Waals surface area contributed by atoms with Crippen LogP contribution in [0.3, 0.4) is 0 Å². The fourth-order valence-corrected chi connectivity index (χ4v) is 2.48. The first kappa shape index (κ1) is 17.0. The second-order valence-electron chi connectivity index (χ2n) is 4.51. The molecular weight excluding hydrogens is 296 g/mol. The van der Waals surface area contributed by atoms with Crippen molar-refractivity contribution >= 4 is 32.7 Å². The van der Waals surface area contributed by atoms with Crippen molar-refractivity contribution in [2.45, 2.75) is 20.3 Å². The normalized spacial score (nSPS) is 14.9. The van der Waals surface area contributed by atoms with Crippen LogP contribution >= 0.6 is 11.8 Å². The number of amidine groups is 1. The van der Waals surface area contributed by atoms with Crippen molar-refractivity contribution in [2.24, 2.45) is 4.99 Å². The van der Waals surface area contributed by atoms with Gasteiger partial charge in [0.2, 0.25) is 0 Å². The van der Waals surface area contributed by atoms with Gasteiger partial charge in [0.1, 0.15) is 0 Å². The van der Waals surface area contributed by atoms with Crippen molar-refractivity contribution in [2.75, 3.05) is 23.9 Å². The minimum atomic E-state index is -3.67. The highest BCUT2D eigenvalue weighted by Crippen LogP contribution is 2.22. The van der Waals surface area contributed by atoms with Gasteiger partial charge in [0.05, 0.1) is 6.26 Å². The summed E-state index contributed by atoms with van der Waals surface area (Å²) in [6, 6.07) is 6.35. The van der Waals surface area contributed by atoms with Crippen molar-refractivity contribution < 1.29 is 13.0 Å². The molecule has 0 radical (unpaired) electrons. The third-order valence-corrected chi connectivity index (χ3v) is 3.51. The van der Waals surface area contributed by atoms with Gasteiger partial charge < -0.3 is 5.32 Å². The maximum absolute atomic E-state index is 9.19. The van der Waals surface area contributed by atoms with Crippen molar-refractivity contribution in [3.05, 3.63) is 29.3 Å². The Balaban J connectivity index is 0.000000347. The Kier molecular flexibility index (Phi) is 6.51. The first-order chi connectivity index (χ1) is 9.27. The van der Waals surface area contributed by atoms with Crippen LogP contribution in [0.1, 0.15) is 17.5 Å². The third kappa shape index (κ3) is 6.93. The van der Waals surface area contributed by atoms with E-state index in [1.807, 2.05) is 11.8 Å². The number of rotatable bonds is 1. The second kappa shape index (κ2) is 7.66. The first-order valence-electron chi connectivity index (χ1n) is 6.20. The molecule has 0 aromatic heterocycles. The maximum Gasteiger partial charge on any atom is 0.261 e. The molecule has 0 aliphatic carbocycles. The molecule has 7 heteroatoms. The predicted molar refractivity (Wildman–Crippen MR) is 86.4 cm³/mol. The number of aryl methyl sites for hydroxylation is 2. The third-order valence-electron chi connectivity index (χ3n) is 2.51. The Labute approximate surface area is 124 Å². The van der Waals surface area contributed by atoms with Gasteiger partial charge >= 0.3 is 0 Å². The number of thioether (sulfide) groups is 1. The van der Waals surface area contributed by atoms with Crippen LogP contribution in [0.2, 0.25) is 0 Å². The molecule has 0 spiro atoms. The molecule has 20 heavy (non-hydrogen) atoms. The van der Waals surface area contributed by atoms with Gasteiger partial charge in [-0.2, -0.15) is 8.42 Å².